The highest BCUT2D eigenvalue weighted by molar-refractivity contribution is 7.17. The van der Waals surface area contributed by atoms with Crippen molar-refractivity contribution in [3.63, 3.8) is 0 Å². The zero-order valence-electron chi connectivity index (χ0n) is 11.0. The van der Waals surface area contributed by atoms with E-state index in [9.17, 15) is 9.59 Å². The van der Waals surface area contributed by atoms with E-state index in [1.807, 2.05) is 34.5 Å². The number of hydrogen-bond acceptors (Lipinski definition) is 3. The molecule has 4 nitrogen and oxygen atoms in total. The van der Waals surface area contributed by atoms with E-state index in [0.717, 1.165) is 5.39 Å². The van der Waals surface area contributed by atoms with Gasteiger partial charge in [-0.3, -0.25) is 9.59 Å². The van der Waals surface area contributed by atoms with Gasteiger partial charge in [0.15, 0.2) is 0 Å². The lowest BCUT2D eigenvalue weighted by Gasteiger charge is -2.30. The van der Waals surface area contributed by atoms with Crippen LogP contribution in [0.1, 0.15) is 23.2 Å². The fraction of sp³-hybridized carbons (Fsp3) is 0.333. The van der Waals surface area contributed by atoms with Crippen molar-refractivity contribution in [2.45, 2.75) is 12.8 Å². The van der Waals surface area contributed by atoms with Gasteiger partial charge in [-0.25, -0.2) is 0 Å². The van der Waals surface area contributed by atoms with Crippen LogP contribution in [-0.4, -0.2) is 29.8 Å². The first-order chi connectivity index (χ1) is 9.65. The molecule has 1 saturated heterocycles. The molecule has 1 aliphatic rings. The summed E-state index contributed by atoms with van der Waals surface area (Å²) >= 11 is 1.67. The molecule has 2 heterocycles. The second-order valence-corrected chi connectivity index (χ2v) is 6.09. The SMILES string of the molecule is NC(=O)C1CCN(C(=O)c2ccc3sccc3c2)CC1. The molecule has 2 N–H and O–H groups in total. The number of hydrogen-bond donors (Lipinski definition) is 1. The number of likely N-dealkylation sites (tertiary alicyclic amines) is 1. The van der Waals surface area contributed by atoms with Gasteiger partial charge in [0, 0.05) is 29.3 Å². The average Bonchev–Trinajstić information content (AvgIpc) is 2.94. The van der Waals surface area contributed by atoms with Gasteiger partial charge in [0.25, 0.3) is 5.91 Å². The molecule has 1 aromatic carbocycles. The maximum atomic E-state index is 12.5. The van der Waals surface area contributed by atoms with Crippen molar-refractivity contribution in [2.75, 3.05) is 13.1 Å². The van der Waals surface area contributed by atoms with Crippen LogP contribution in [0.3, 0.4) is 0 Å². The molecule has 1 fully saturated rings. The van der Waals surface area contributed by atoms with Crippen LogP contribution < -0.4 is 5.73 Å². The zero-order valence-corrected chi connectivity index (χ0v) is 11.9. The van der Waals surface area contributed by atoms with Crippen molar-refractivity contribution in [3.8, 4) is 0 Å². The van der Waals surface area contributed by atoms with Gasteiger partial charge >= 0.3 is 0 Å². The number of carbonyl (C=O) groups excluding carboxylic acids is 2. The monoisotopic (exact) mass is 288 g/mol. The number of nitrogens with zero attached hydrogens (tertiary/aromatic N) is 1. The van der Waals surface area contributed by atoms with Gasteiger partial charge in [0.2, 0.25) is 5.91 Å². The molecule has 0 bridgehead atoms. The fourth-order valence-electron chi connectivity index (χ4n) is 2.65. The van der Waals surface area contributed by atoms with E-state index in [4.69, 9.17) is 5.73 Å². The second-order valence-electron chi connectivity index (χ2n) is 5.14. The van der Waals surface area contributed by atoms with Gasteiger partial charge in [-0.2, -0.15) is 0 Å². The van der Waals surface area contributed by atoms with Gasteiger partial charge in [-0.1, -0.05) is 0 Å². The van der Waals surface area contributed by atoms with Crippen LogP contribution in [0.25, 0.3) is 10.1 Å². The minimum absolute atomic E-state index is 0.0426. The van der Waals surface area contributed by atoms with E-state index in [1.54, 1.807) is 11.3 Å². The van der Waals surface area contributed by atoms with Crippen molar-refractivity contribution in [1.29, 1.82) is 0 Å². The summed E-state index contributed by atoms with van der Waals surface area (Å²) in [5.41, 5.74) is 6.03. The van der Waals surface area contributed by atoms with Crippen LogP contribution in [0.15, 0.2) is 29.6 Å². The van der Waals surface area contributed by atoms with Crippen LogP contribution in [0.5, 0.6) is 0 Å². The first kappa shape index (κ1) is 13.1. The molecular weight excluding hydrogens is 272 g/mol. The number of primary amides is 1. The maximum absolute atomic E-state index is 12.5. The van der Waals surface area contributed by atoms with E-state index in [-0.39, 0.29) is 17.7 Å². The van der Waals surface area contributed by atoms with Crippen molar-refractivity contribution in [1.82, 2.24) is 4.90 Å². The first-order valence-corrected chi connectivity index (χ1v) is 7.59. The summed E-state index contributed by atoms with van der Waals surface area (Å²) in [5.74, 6) is -0.295. The number of rotatable bonds is 2. The smallest absolute Gasteiger partial charge is 0.253 e. The minimum Gasteiger partial charge on any atom is -0.369 e. The van der Waals surface area contributed by atoms with E-state index in [0.29, 0.717) is 31.5 Å². The van der Waals surface area contributed by atoms with Gasteiger partial charge < -0.3 is 10.6 Å². The van der Waals surface area contributed by atoms with E-state index in [2.05, 4.69) is 0 Å². The lowest BCUT2D eigenvalue weighted by molar-refractivity contribution is -0.123. The first-order valence-electron chi connectivity index (χ1n) is 6.71. The molecule has 1 aliphatic heterocycles. The summed E-state index contributed by atoms with van der Waals surface area (Å²) in [5, 5.41) is 3.13. The van der Waals surface area contributed by atoms with E-state index < -0.39 is 0 Å². The Bertz CT molecular complexity index is 657. The Morgan fingerprint density at radius 3 is 2.65 bits per heavy atom. The Labute approximate surface area is 121 Å². The van der Waals surface area contributed by atoms with Gasteiger partial charge in [0.1, 0.15) is 0 Å². The largest absolute Gasteiger partial charge is 0.369 e. The summed E-state index contributed by atoms with van der Waals surface area (Å²) < 4.78 is 1.19. The van der Waals surface area contributed by atoms with Crippen LogP contribution in [0.4, 0.5) is 0 Å². The average molecular weight is 288 g/mol. The van der Waals surface area contributed by atoms with E-state index in [1.165, 1.54) is 4.70 Å². The Kier molecular flexibility index (Phi) is 3.44. The minimum atomic E-state index is -0.253. The highest BCUT2D eigenvalue weighted by Crippen LogP contribution is 2.24. The molecule has 5 heteroatoms. The van der Waals surface area contributed by atoms with Crippen molar-refractivity contribution < 1.29 is 9.59 Å². The normalized spacial score (nSPS) is 16.5. The highest BCUT2D eigenvalue weighted by atomic mass is 32.1. The number of nitrogens with two attached hydrogens (primary N) is 1. The molecule has 0 unspecified atom stereocenters. The number of benzene rings is 1. The van der Waals surface area contributed by atoms with Crippen molar-refractivity contribution in [3.05, 3.63) is 35.2 Å². The predicted molar refractivity (Wildman–Crippen MR) is 79.6 cm³/mol. The van der Waals surface area contributed by atoms with Gasteiger partial charge in [-0.05, 0) is 47.9 Å². The Morgan fingerprint density at radius 2 is 1.95 bits per heavy atom. The summed E-state index contributed by atoms with van der Waals surface area (Å²) in [4.78, 5) is 25.4. The summed E-state index contributed by atoms with van der Waals surface area (Å²) in [6.45, 7) is 1.21. The molecule has 0 aliphatic carbocycles. The summed E-state index contributed by atoms with van der Waals surface area (Å²) in [6, 6.07) is 7.83. The number of thiophene rings is 1. The molecule has 20 heavy (non-hydrogen) atoms. The molecular formula is C15H16N2O2S. The summed E-state index contributed by atoms with van der Waals surface area (Å²) in [6.07, 6.45) is 1.34. The molecule has 0 spiro atoms. The third-order valence-corrected chi connectivity index (χ3v) is 4.78. The van der Waals surface area contributed by atoms with Crippen LogP contribution >= 0.6 is 11.3 Å². The number of fused-ring (bicyclic) bond motifs is 1. The maximum Gasteiger partial charge on any atom is 0.253 e. The molecule has 1 aromatic heterocycles. The quantitative estimate of drug-likeness (QED) is 0.921. The Morgan fingerprint density at radius 1 is 1.20 bits per heavy atom. The highest BCUT2D eigenvalue weighted by Gasteiger charge is 2.26. The lowest BCUT2D eigenvalue weighted by atomic mass is 9.96. The molecule has 0 saturated carbocycles. The molecule has 0 atom stereocenters. The van der Waals surface area contributed by atoms with Crippen molar-refractivity contribution in [2.24, 2.45) is 11.7 Å². The topological polar surface area (TPSA) is 63.4 Å². The predicted octanol–water partition coefficient (Wildman–Crippen LogP) is 2.24. The molecule has 2 amide bonds. The lowest BCUT2D eigenvalue weighted by Crippen LogP contribution is -2.41. The summed E-state index contributed by atoms with van der Waals surface area (Å²) in [7, 11) is 0. The third-order valence-electron chi connectivity index (χ3n) is 3.88. The molecule has 0 radical (unpaired) electrons. The van der Waals surface area contributed by atoms with Crippen LogP contribution in [-0.2, 0) is 4.79 Å². The standard InChI is InChI=1S/C15H16N2O2S/c16-14(18)10-3-6-17(7-4-10)15(19)12-1-2-13-11(9-12)5-8-20-13/h1-2,5,8-10H,3-4,6-7H2,(H2,16,18). The van der Waals surface area contributed by atoms with Gasteiger partial charge in [-0.15, -0.1) is 11.3 Å². The zero-order chi connectivity index (χ0) is 14.1. The third kappa shape index (κ3) is 2.41. The molecule has 2 aromatic rings. The Hall–Kier alpha value is -1.88. The second kappa shape index (κ2) is 5.25. The van der Waals surface area contributed by atoms with Gasteiger partial charge in [0.05, 0.1) is 0 Å². The Balaban J connectivity index is 1.74. The van der Waals surface area contributed by atoms with Crippen LogP contribution in [0, 0.1) is 5.92 Å². The molecule has 104 valence electrons. The molecule has 3 rings (SSSR count). The number of piperidine rings is 1. The number of amides is 2. The fourth-order valence-corrected chi connectivity index (χ4v) is 3.42. The van der Waals surface area contributed by atoms with E-state index >= 15 is 0 Å². The number of carbonyl (C=O) groups is 2. The van der Waals surface area contributed by atoms with Crippen molar-refractivity contribution >= 4 is 33.2 Å². The van der Waals surface area contributed by atoms with Crippen LogP contribution in [0.2, 0.25) is 0 Å².